The van der Waals surface area contributed by atoms with Crippen molar-refractivity contribution in [3.8, 4) is 5.75 Å². The van der Waals surface area contributed by atoms with E-state index in [0.29, 0.717) is 0 Å². The molecule has 0 aliphatic rings. The number of hydrogen-bond donors (Lipinski definition) is 1. The third kappa shape index (κ3) is 7.07. The molecule has 2 aromatic rings. The fourth-order valence-electron chi connectivity index (χ4n) is 2.01. The van der Waals surface area contributed by atoms with Crippen molar-refractivity contribution in [3.63, 3.8) is 0 Å². The Balaban J connectivity index is 1.78. The SMILES string of the molecule is Cc1ccccc1SCC(=O)OCC(=O)Nc1ccc(OC(F)F)c(Cl)c1. The number of alkyl halides is 2. The van der Waals surface area contributed by atoms with Crippen molar-refractivity contribution in [2.24, 2.45) is 0 Å². The molecule has 0 fully saturated rings. The topological polar surface area (TPSA) is 64.6 Å². The third-order valence-electron chi connectivity index (χ3n) is 3.24. The molecule has 0 aliphatic heterocycles. The molecule has 0 saturated heterocycles. The summed E-state index contributed by atoms with van der Waals surface area (Å²) in [5.74, 6) is -1.24. The van der Waals surface area contributed by atoms with E-state index in [9.17, 15) is 18.4 Å². The van der Waals surface area contributed by atoms with Crippen molar-refractivity contribution < 1.29 is 27.8 Å². The van der Waals surface area contributed by atoms with Crippen LogP contribution < -0.4 is 10.1 Å². The van der Waals surface area contributed by atoms with Gasteiger partial charge in [0, 0.05) is 10.6 Å². The Morgan fingerprint density at radius 2 is 1.96 bits per heavy atom. The van der Waals surface area contributed by atoms with Crippen LogP contribution in [0.5, 0.6) is 5.75 Å². The van der Waals surface area contributed by atoms with Crippen LogP contribution in [0.25, 0.3) is 0 Å². The van der Waals surface area contributed by atoms with Crippen LogP contribution in [0.2, 0.25) is 5.02 Å². The minimum atomic E-state index is -3.00. The second-order valence-corrected chi connectivity index (χ2v) is 6.71. The lowest BCUT2D eigenvalue weighted by Gasteiger charge is -2.10. The highest BCUT2D eigenvalue weighted by molar-refractivity contribution is 8.00. The molecule has 9 heteroatoms. The first-order chi connectivity index (χ1) is 12.8. The van der Waals surface area contributed by atoms with Gasteiger partial charge in [0.25, 0.3) is 5.91 Å². The first-order valence-corrected chi connectivity index (χ1v) is 9.10. The van der Waals surface area contributed by atoms with Gasteiger partial charge < -0.3 is 14.8 Å². The smallest absolute Gasteiger partial charge is 0.387 e. The second-order valence-electron chi connectivity index (χ2n) is 5.29. The Morgan fingerprint density at radius 3 is 2.63 bits per heavy atom. The van der Waals surface area contributed by atoms with Gasteiger partial charge >= 0.3 is 12.6 Å². The Bertz CT molecular complexity index is 820. The highest BCUT2D eigenvalue weighted by Gasteiger charge is 2.12. The lowest BCUT2D eigenvalue weighted by atomic mass is 10.2. The van der Waals surface area contributed by atoms with E-state index in [4.69, 9.17) is 16.3 Å². The summed E-state index contributed by atoms with van der Waals surface area (Å²) in [5, 5.41) is 2.37. The minimum Gasteiger partial charge on any atom is -0.455 e. The molecule has 27 heavy (non-hydrogen) atoms. The van der Waals surface area contributed by atoms with Crippen molar-refractivity contribution in [1.82, 2.24) is 0 Å². The van der Waals surface area contributed by atoms with Gasteiger partial charge in [-0.05, 0) is 36.8 Å². The largest absolute Gasteiger partial charge is 0.455 e. The van der Waals surface area contributed by atoms with Crippen molar-refractivity contribution >= 4 is 40.9 Å². The number of esters is 1. The van der Waals surface area contributed by atoms with Crippen molar-refractivity contribution in [3.05, 3.63) is 53.1 Å². The van der Waals surface area contributed by atoms with Crippen LogP contribution >= 0.6 is 23.4 Å². The number of ether oxygens (including phenoxy) is 2. The summed E-state index contributed by atoms with van der Waals surface area (Å²) in [6.07, 6.45) is 0. The molecule has 1 N–H and O–H groups in total. The van der Waals surface area contributed by atoms with Crippen LogP contribution in [-0.4, -0.2) is 30.8 Å². The standard InChI is InChI=1S/C18H16ClF2NO4S/c1-11-4-2-3-5-15(11)27-10-17(24)25-9-16(23)22-12-6-7-14(13(19)8-12)26-18(20)21/h2-8,18H,9-10H2,1H3,(H,22,23). The first-order valence-electron chi connectivity index (χ1n) is 7.73. The molecule has 2 aromatic carbocycles. The van der Waals surface area contributed by atoms with Gasteiger partial charge in [-0.25, -0.2) is 0 Å². The van der Waals surface area contributed by atoms with Gasteiger partial charge in [-0.3, -0.25) is 9.59 Å². The predicted molar refractivity (Wildman–Crippen MR) is 99.6 cm³/mol. The van der Waals surface area contributed by atoms with E-state index in [1.165, 1.54) is 30.0 Å². The second kappa shape index (κ2) is 10.1. The average molecular weight is 416 g/mol. The molecule has 0 radical (unpaired) electrons. The highest BCUT2D eigenvalue weighted by Crippen LogP contribution is 2.29. The summed E-state index contributed by atoms with van der Waals surface area (Å²) in [6.45, 7) is -1.54. The monoisotopic (exact) mass is 415 g/mol. The number of thioether (sulfide) groups is 1. The number of carbonyl (C=O) groups excluding carboxylic acids is 2. The predicted octanol–water partition coefficient (Wildman–Crippen LogP) is 4.52. The maximum Gasteiger partial charge on any atom is 0.387 e. The van der Waals surface area contributed by atoms with E-state index in [0.717, 1.165) is 10.5 Å². The minimum absolute atomic E-state index is 0.0730. The van der Waals surface area contributed by atoms with Crippen LogP contribution in [-0.2, 0) is 14.3 Å². The van der Waals surface area contributed by atoms with Crippen LogP contribution in [0.15, 0.2) is 47.4 Å². The number of carbonyl (C=O) groups is 2. The fraction of sp³-hybridized carbons (Fsp3) is 0.222. The zero-order valence-corrected chi connectivity index (χ0v) is 15.8. The van der Waals surface area contributed by atoms with Gasteiger partial charge in [0.15, 0.2) is 6.61 Å². The molecular weight excluding hydrogens is 400 g/mol. The molecule has 0 unspecified atom stereocenters. The highest BCUT2D eigenvalue weighted by atomic mass is 35.5. The Morgan fingerprint density at radius 1 is 1.22 bits per heavy atom. The Hall–Kier alpha value is -2.32. The molecule has 1 amide bonds. The summed E-state index contributed by atoms with van der Waals surface area (Å²) in [4.78, 5) is 24.5. The van der Waals surface area contributed by atoms with Crippen LogP contribution in [0.1, 0.15) is 5.56 Å². The molecule has 2 rings (SSSR count). The van der Waals surface area contributed by atoms with E-state index >= 15 is 0 Å². The van der Waals surface area contributed by atoms with E-state index < -0.39 is 25.1 Å². The van der Waals surface area contributed by atoms with Crippen molar-refractivity contribution in [2.45, 2.75) is 18.4 Å². The summed E-state index contributed by atoms with van der Waals surface area (Å²) in [7, 11) is 0. The number of aryl methyl sites for hydroxylation is 1. The molecule has 144 valence electrons. The van der Waals surface area contributed by atoms with Crippen molar-refractivity contribution in [2.75, 3.05) is 17.7 Å². The van der Waals surface area contributed by atoms with E-state index in [1.54, 1.807) is 0 Å². The maximum atomic E-state index is 12.2. The van der Waals surface area contributed by atoms with Gasteiger partial charge in [0.05, 0.1) is 10.8 Å². The quantitative estimate of drug-likeness (QED) is 0.507. The van der Waals surface area contributed by atoms with Crippen molar-refractivity contribution in [1.29, 1.82) is 0 Å². The van der Waals surface area contributed by atoms with Gasteiger partial charge in [-0.2, -0.15) is 8.78 Å². The number of anilines is 1. The molecule has 0 aliphatic carbocycles. The average Bonchev–Trinajstić information content (AvgIpc) is 2.61. The molecule has 0 saturated carbocycles. The van der Waals surface area contributed by atoms with E-state index in [-0.39, 0.29) is 22.2 Å². The lowest BCUT2D eigenvalue weighted by molar-refractivity contribution is -0.144. The van der Waals surface area contributed by atoms with Gasteiger partial charge in [0.1, 0.15) is 5.75 Å². The van der Waals surface area contributed by atoms with Gasteiger partial charge in [-0.1, -0.05) is 29.8 Å². The number of amides is 1. The third-order valence-corrected chi connectivity index (χ3v) is 4.68. The molecule has 0 bridgehead atoms. The zero-order chi connectivity index (χ0) is 19.8. The molecule has 0 spiro atoms. The van der Waals surface area contributed by atoms with E-state index in [2.05, 4.69) is 10.1 Å². The number of halogens is 3. The van der Waals surface area contributed by atoms with Gasteiger partial charge in [-0.15, -0.1) is 11.8 Å². The van der Waals surface area contributed by atoms with Crippen LogP contribution in [0.4, 0.5) is 14.5 Å². The summed E-state index contributed by atoms with van der Waals surface area (Å²) < 4.78 is 33.5. The van der Waals surface area contributed by atoms with E-state index in [1.807, 2.05) is 31.2 Å². The Labute approximate surface area is 164 Å². The molecule has 0 atom stereocenters. The number of hydrogen-bond acceptors (Lipinski definition) is 5. The van der Waals surface area contributed by atoms with Crippen LogP contribution in [0, 0.1) is 6.92 Å². The molecule has 0 aromatic heterocycles. The summed E-state index contributed by atoms with van der Waals surface area (Å²) >= 11 is 7.12. The van der Waals surface area contributed by atoms with Crippen LogP contribution in [0.3, 0.4) is 0 Å². The van der Waals surface area contributed by atoms with Gasteiger partial charge in [0.2, 0.25) is 0 Å². The summed E-state index contributed by atoms with van der Waals surface area (Å²) in [6, 6.07) is 11.4. The molecule has 0 heterocycles. The number of rotatable bonds is 8. The Kier molecular flexibility index (Phi) is 7.87. The fourth-order valence-corrected chi connectivity index (χ4v) is 3.06. The molecular formula is C18H16ClF2NO4S. The normalized spacial score (nSPS) is 10.6. The number of benzene rings is 2. The molecule has 5 nitrogen and oxygen atoms in total. The first kappa shape index (κ1) is 21.0. The maximum absolute atomic E-state index is 12.2. The summed E-state index contributed by atoms with van der Waals surface area (Å²) in [5.41, 5.74) is 1.31. The lowest BCUT2D eigenvalue weighted by Crippen LogP contribution is -2.21. The zero-order valence-electron chi connectivity index (χ0n) is 14.2. The number of nitrogens with one attached hydrogen (secondary N) is 1.